The van der Waals surface area contributed by atoms with E-state index < -0.39 is 4.92 Å². The summed E-state index contributed by atoms with van der Waals surface area (Å²) in [5.74, 6) is 0.366. The molecule has 0 saturated heterocycles. The molecule has 0 aliphatic heterocycles. The molecule has 1 aromatic rings. The minimum Gasteiger partial charge on any atom is -0.398 e. The molecule has 0 aromatic heterocycles. The second kappa shape index (κ2) is 6.56. The number of nitro benzene ring substituents is 1. The van der Waals surface area contributed by atoms with Gasteiger partial charge in [0.05, 0.1) is 10.5 Å². The van der Waals surface area contributed by atoms with E-state index in [1.165, 1.54) is 24.6 Å². The summed E-state index contributed by atoms with van der Waals surface area (Å²) in [4.78, 5) is 22.6. The summed E-state index contributed by atoms with van der Waals surface area (Å²) in [7, 11) is 0. The van der Waals surface area contributed by atoms with E-state index in [2.05, 4.69) is 12.2 Å². The van der Waals surface area contributed by atoms with Gasteiger partial charge < -0.3 is 11.1 Å². The third kappa shape index (κ3) is 3.93. The average molecular weight is 291 g/mol. The van der Waals surface area contributed by atoms with Gasteiger partial charge in [0.1, 0.15) is 0 Å². The van der Waals surface area contributed by atoms with E-state index in [9.17, 15) is 14.9 Å². The van der Waals surface area contributed by atoms with E-state index in [1.54, 1.807) is 0 Å². The first-order chi connectivity index (χ1) is 9.97. The number of non-ortho nitro benzene ring substituents is 1. The topological polar surface area (TPSA) is 98.3 Å². The second-order valence-electron chi connectivity index (χ2n) is 5.81. The number of nitro groups is 1. The van der Waals surface area contributed by atoms with Crippen molar-refractivity contribution in [2.45, 2.75) is 45.1 Å². The molecule has 0 heterocycles. The Morgan fingerprint density at radius 2 is 2.10 bits per heavy atom. The first-order valence-corrected chi connectivity index (χ1v) is 7.32. The van der Waals surface area contributed by atoms with Gasteiger partial charge in [-0.15, -0.1) is 0 Å². The fraction of sp³-hybridized carbons (Fsp3) is 0.533. The van der Waals surface area contributed by atoms with Crippen molar-refractivity contribution in [3.05, 3.63) is 33.9 Å². The van der Waals surface area contributed by atoms with E-state index in [-0.39, 0.29) is 28.9 Å². The molecule has 0 radical (unpaired) electrons. The van der Waals surface area contributed by atoms with Crippen LogP contribution < -0.4 is 11.1 Å². The van der Waals surface area contributed by atoms with Crippen LogP contribution in [0.3, 0.4) is 0 Å². The van der Waals surface area contributed by atoms with Crippen LogP contribution in [0.1, 0.15) is 49.4 Å². The Kier molecular flexibility index (Phi) is 4.77. The molecule has 6 heteroatoms. The van der Waals surface area contributed by atoms with Crippen LogP contribution in [-0.2, 0) is 0 Å². The van der Waals surface area contributed by atoms with Crippen LogP contribution >= 0.6 is 0 Å². The van der Waals surface area contributed by atoms with Crippen molar-refractivity contribution < 1.29 is 9.72 Å². The van der Waals surface area contributed by atoms with Gasteiger partial charge in [0.15, 0.2) is 0 Å². The Morgan fingerprint density at radius 1 is 1.33 bits per heavy atom. The lowest BCUT2D eigenvalue weighted by Crippen LogP contribution is -2.34. The van der Waals surface area contributed by atoms with Gasteiger partial charge in [-0.2, -0.15) is 0 Å². The van der Waals surface area contributed by atoms with Gasteiger partial charge in [0.25, 0.3) is 11.6 Å². The van der Waals surface area contributed by atoms with Crippen molar-refractivity contribution in [1.29, 1.82) is 0 Å². The van der Waals surface area contributed by atoms with Gasteiger partial charge in [-0.3, -0.25) is 14.9 Å². The van der Waals surface area contributed by atoms with Crippen LogP contribution in [0.4, 0.5) is 11.4 Å². The van der Waals surface area contributed by atoms with Crippen molar-refractivity contribution in [2.24, 2.45) is 5.92 Å². The summed E-state index contributed by atoms with van der Waals surface area (Å²) in [6.07, 6.45) is 5.27. The van der Waals surface area contributed by atoms with E-state index >= 15 is 0 Å². The molecule has 3 N–H and O–H groups in total. The number of hydrogen-bond donors (Lipinski definition) is 2. The molecule has 1 amide bonds. The molecule has 1 saturated carbocycles. The van der Waals surface area contributed by atoms with Gasteiger partial charge >= 0.3 is 0 Å². The van der Waals surface area contributed by atoms with Crippen LogP contribution in [-0.4, -0.2) is 16.9 Å². The zero-order valence-electron chi connectivity index (χ0n) is 12.2. The molecule has 114 valence electrons. The molecule has 6 nitrogen and oxygen atoms in total. The van der Waals surface area contributed by atoms with Gasteiger partial charge in [0.2, 0.25) is 0 Å². The zero-order chi connectivity index (χ0) is 15.4. The number of anilines is 1. The highest BCUT2D eigenvalue weighted by Gasteiger charge is 2.21. The maximum Gasteiger partial charge on any atom is 0.270 e. The first-order valence-electron chi connectivity index (χ1n) is 7.32. The monoisotopic (exact) mass is 291 g/mol. The van der Waals surface area contributed by atoms with Gasteiger partial charge in [0, 0.05) is 23.9 Å². The number of nitrogens with two attached hydrogens (primary N) is 1. The summed E-state index contributed by atoms with van der Waals surface area (Å²) < 4.78 is 0. The minimum atomic E-state index is -0.524. The van der Waals surface area contributed by atoms with Gasteiger partial charge in [-0.25, -0.2) is 0 Å². The maximum atomic E-state index is 12.3. The van der Waals surface area contributed by atoms with Crippen LogP contribution in [0.15, 0.2) is 18.2 Å². The predicted molar refractivity (Wildman–Crippen MR) is 81.0 cm³/mol. The molecule has 2 rings (SSSR count). The van der Waals surface area contributed by atoms with Crippen molar-refractivity contribution in [3.8, 4) is 0 Å². The lowest BCUT2D eigenvalue weighted by Gasteiger charge is -2.17. The lowest BCUT2D eigenvalue weighted by molar-refractivity contribution is -0.384. The summed E-state index contributed by atoms with van der Waals surface area (Å²) in [6.45, 7) is 2.22. The molecule has 1 aromatic carbocycles. The normalized spacial score (nSPS) is 22.3. The number of rotatable bonds is 3. The fourth-order valence-corrected chi connectivity index (χ4v) is 2.75. The van der Waals surface area contributed by atoms with Crippen molar-refractivity contribution >= 4 is 17.3 Å². The molecule has 0 bridgehead atoms. The van der Waals surface area contributed by atoms with Crippen molar-refractivity contribution in [1.82, 2.24) is 5.32 Å². The Labute approximate surface area is 123 Å². The third-order valence-corrected chi connectivity index (χ3v) is 4.08. The highest BCUT2D eigenvalue weighted by atomic mass is 16.6. The largest absolute Gasteiger partial charge is 0.398 e. The van der Waals surface area contributed by atoms with Crippen LogP contribution in [0.5, 0.6) is 0 Å². The van der Waals surface area contributed by atoms with Gasteiger partial charge in [-0.1, -0.05) is 19.8 Å². The molecular formula is C15H21N3O3. The molecule has 0 spiro atoms. The summed E-state index contributed by atoms with van der Waals surface area (Å²) in [6, 6.07) is 4.08. The van der Waals surface area contributed by atoms with Crippen molar-refractivity contribution in [3.63, 3.8) is 0 Å². The molecule has 1 aliphatic carbocycles. The molecule has 1 fully saturated rings. The number of carbonyl (C=O) groups excluding carboxylic acids is 1. The van der Waals surface area contributed by atoms with E-state index in [1.807, 2.05) is 0 Å². The molecule has 2 unspecified atom stereocenters. The molecular weight excluding hydrogens is 270 g/mol. The van der Waals surface area contributed by atoms with E-state index in [4.69, 9.17) is 5.73 Å². The minimum absolute atomic E-state index is 0.121. The molecule has 21 heavy (non-hydrogen) atoms. The predicted octanol–water partition coefficient (Wildman–Crippen LogP) is 2.88. The SMILES string of the molecule is CC1CCCC(NC(=O)c2cc([N+](=O)[O-])ccc2N)CC1. The molecule has 2 atom stereocenters. The van der Waals surface area contributed by atoms with Crippen LogP contribution in [0.2, 0.25) is 0 Å². The Morgan fingerprint density at radius 3 is 2.81 bits per heavy atom. The Hall–Kier alpha value is -2.11. The number of carbonyl (C=O) groups is 1. The summed E-state index contributed by atoms with van der Waals surface area (Å²) >= 11 is 0. The van der Waals surface area contributed by atoms with Crippen LogP contribution in [0, 0.1) is 16.0 Å². The average Bonchev–Trinajstić information content (AvgIpc) is 2.64. The lowest BCUT2D eigenvalue weighted by atomic mass is 10.0. The smallest absolute Gasteiger partial charge is 0.270 e. The highest BCUT2D eigenvalue weighted by Crippen LogP contribution is 2.24. The number of benzene rings is 1. The highest BCUT2D eigenvalue weighted by molar-refractivity contribution is 5.99. The number of nitrogens with one attached hydrogen (secondary N) is 1. The van der Waals surface area contributed by atoms with E-state index in [0.717, 1.165) is 25.7 Å². The van der Waals surface area contributed by atoms with E-state index in [0.29, 0.717) is 5.92 Å². The fourth-order valence-electron chi connectivity index (χ4n) is 2.75. The number of hydrogen-bond acceptors (Lipinski definition) is 4. The Bertz CT molecular complexity index is 545. The quantitative estimate of drug-likeness (QED) is 0.387. The standard InChI is InChI=1S/C15H21N3O3/c1-10-3-2-4-11(6-5-10)17-15(19)13-9-12(18(20)21)7-8-14(13)16/h7-11H,2-6,16H2,1H3,(H,17,19). The number of amides is 1. The zero-order valence-corrected chi connectivity index (χ0v) is 12.2. The summed E-state index contributed by atoms with van der Waals surface area (Å²) in [5.41, 5.74) is 6.09. The maximum absolute atomic E-state index is 12.3. The van der Waals surface area contributed by atoms with Crippen LogP contribution in [0.25, 0.3) is 0 Å². The number of nitrogen functional groups attached to an aromatic ring is 1. The molecule has 1 aliphatic rings. The number of nitrogens with zero attached hydrogens (tertiary/aromatic N) is 1. The Balaban J connectivity index is 2.09. The summed E-state index contributed by atoms with van der Waals surface area (Å²) in [5, 5.41) is 13.8. The van der Waals surface area contributed by atoms with Gasteiger partial charge in [-0.05, 0) is 31.2 Å². The van der Waals surface area contributed by atoms with Crippen molar-refractivity contribution in [2.75, 3.05) is 5.73 Å². The second-order valence-corrected chi connectivity index (χ2v) is 5.81. The first kappa shape index (κ1) is 15.3. The third-order valence-electron chi connectivity index (χ3n) is 4.08.